The van der Waals surface area contributed by atoms with Crippen molar-refractivity contribution in [2.45, 2.75) is 19.9 Å². The molecule has 0 bridgehead atoms. The fraction of sp³-hybridized carbons (Fsp3) is 0.238. The van der Waals surface area contributed by atoms with Crippen LogP contribution in [-0.2, 0) is 16.1 Å². The van der Waals surface area contributed by atoms with Crippen molar-refractivity contribution in [1.82, 2.24) is 14.9 Å². The van der Waals surface area contributed by atoms with E-state index in [0.717, 1.165) is 5.56 Å². The molecule has 1 atom stereocenters. The lowest BCUT2D eigenvalue weighted by Gasteiger charge is -2.16. The summed E-state index contributed by atoms with van der Waals surface area (Å²) < 4.78 is 10.9. The number of hydrogen-bond donors (Lipinski definition) is 1. The third-order valence-corrected chi connectivity index (χ3v) is 4.73. The molecular formula is C21H20N4O4. The number of carbonyl (C=O) groups is 2. The zero-order valence-corrected chi connectivity index (χ0v) is 15.9. The minimum absolute atomic E-state index is 0.0500. The summed E-state index contributed by atoms with van der Waals surface area (Å²) in [5, 5.41) is 2.92. The first kappa shape index (κ1) is 18.7. The lowest BCUT2D eigenvalue weighted by molar-refractivity contribution is -0.128. The molecule has 0 radical (unpaired) electrons. The van der Waals surface area contributed by atoms with E-state index in [4.69, 9.17) is 9.15 Å². The number of likely N-dealkylation sites (tertiary alicyclic amines) is 1. The Kier molecular flexibility index (Phi) is 5.24. The zero-order chi connectivity index (χ0) is 20.2. The number of aryl methyl sites for hydroxylation is 1. The molecule has 3 heterocycles. The molecule has 1 saturated heterocycles. The SMILES string of the molecule is Cc1cc(Oc2cnccn2)ccc1NC(=O)[C@H]1CC(=O)N(Cc2ccco2)C1. The van der Waals surface area contributed by atoms with Crippen molar-refractivity contribution in [1.29, 1.82) is 0 Å². The van der Waals surface area contributed by atoms with Crippen LogP contribution in [0, 0.1) is 12.8 Å². The fourth-order valence-corrected chi connectivity index (χ4v) is 3.22. The van der Waals surface area contributed by atoms with Crippen molar-refractivity contribution >= 4 is 17.5 Å². The molecular weight excluding hydrogens is 372 g/mol. The average Bonchev–Trinajstić information content (AvgIpc) is 3.35. The summed E-state index contributed by atoms with van der Waals surface area (Å²) in [6, 6.07) is 8.93. The quantitative estimate of drug-likeness (QED) is 0.692. The van der Waals surface area contributed by atoms with E-state index in [0.29, 0.717) is 36.2 Å². The van der Waals surface area contributed by atoms with Crippen molar-refractivity contribution in [3.8, 4) is 11.6 Å². The molecule has 0 spiro atoms. The number of benzene rings is 1. The first-order valence-electron chi connectivity index (χ1n) is 9.24. The van der Waals surface area contributed by atoms with E-state index in [-0.39, 0.29) is 18.2 Å². The van der Waals surface area contributed by atoms with E-state index in [2.05, 4.69) is 15.3 Å². The van der Waals surface area contributed by atoms with Gasteiger partial charge in [0.05, 0.1) is 24.9 Å². The summed E-state index contributed by atoms with van der Waals surface area (Å²) in [4.78, 5) is 34.6. The lowest BCUT2D eigenvalue weighted by atomic mass is 10.1. The Morgan fingerprint density at radius 1 is 1.34 bits per heavy atom. The third-order valence-electron chi connectivity index (χ3n) is 4.73. The van der Waals surface area contributed by atoms with Gasteiger partial charge in [0.1, 0.15) is 11.5 Å². The number of ether oxygens (including phenoxy) is 1. The summed E-state index contributed by atoms with van der Waals surface area (Å²) in [5.41, 5.74) is 1.52. The van der Waals surface area contributed by atoms with Gasteiger partial charge in [-0.2, -0.15) is 0 Å². The molecule has 2 aromatic heterocycles. The molecule has 2 amide bonds. The van der Waals surface area contributed by atoms with Crippen molar-refractivity contribution in [3.63, 3.8) is 0 Å². The van der Waals surface area contributed by atoms with E-state index >= 15 is 0 Å². The van der Waals surface area contributed by atoms with Gasteiger partial charge in [-0.3, -0.25) is 14.6 Å². The van der Waals surface area contributed by atoms with Gasteiger partial charge >= 0.3 is 0 Å². The monoisotopic (exact) mass is 392 g/mol. The summed E-state index contributed by atoms with van der Waals surface area (Å²) >= 11 is 0. The van der Waals surface area contributed by atoms with Crippen LogP contribution in [0.3, 0.4) is 0 Å². The van der Waals surface area contributed by atoms with Gasteiger partial charge in [0.2, 0.25) is 17.7 Å². The second kappa shape index (κ2) is 8.14. The molecule has 1 N–H and O–H groups in total. The second-order valence-corrected chi connectivity index (χ2v) is 6.87. The summed E-state index contributed by atoms with van der Waals surface area (Å²) in [6.45, 7) is 2.63. The van der Waals surface area contributed by atoms with Gasteiger partial charge in [-0.25, -0.2) is 4.98 Å². The van der Waals surface area contributed by atoms with Gasteiger partial charge in [-0.05, 0) is 42.8 Å². The molecule has 1 aromatic carbocycles. The second-order valence-electron chi connectivity index (χ2n) is 6.87. The molecule has 4 rings (SSSR count). The number of hydrogen-bond acceptors (Lipinski definition) is 6. The zero-order valence-electron chi connectivity index (χ0n) is 15.9. The molecule has 148 valence electrons. The highest BCUT2D eigenvalue weighted by Crippen LogP contribution is 2.27. The Hall–Kier alpha value is -3.68. The van der Waals surface area contributed by atoms with Crippen LogP contribution in [0.2, 0.25) is 0 Å². The Morgan fingerprint density at radius 3 is 2.97 bits per heavy atom. The van der Waals surface area contributed by atoms with Crippen molar-refractivity contribution in [3.05, 3.63) is 66.5 Å². The summed E-state index contributed by atoms with van der Waals surface area (Å²) in [7, 11) is 0. The predicted octanol–water partition coefficient (Wildman–Crippen LogP) is 3.16. The highest BCUT2D eigenvalue weighted by molar-refractivity contribution is 5.97. The number of amides is 2. The molecule has 0 saturated carbocycles. The number of rotatable bonds is 6. The Balaban J connectivity index is 1.37. The first-order valence-corrected chi connectivity index (χ1v) is 9.24. The largest absolute Gasteiger partial charge is 0.467 e. The van der Waals surface area contributed by atoms with Crippen LogP contribution in [-0.4, -0.2) is 33.2 Å². The van der Waals surface area contributed by atoms with Gasteiger partial charge in [0.15, 0.2) is 0 Å². The third kappa shape index (κ3) is 4.43. The number of carbonyl (C=O) groups excluding carboxylic acids is 2. The Labute approximate surface area is 167 Å². The van der Waals surface area contributed by atoms with E-state index in [9.17, 15) is 9.59 Å². The van der Waals surface area contributed by atoms with Crippen LogP contribution >= 0.6 is 0 Å². The van der Waals surface area contributed by atoms with Crippen LogP contribution in [0.1, 0.15) is 17.7 Å². The Bertz CT molecular complexity index is 1000. The minimum Gasteiger partial charge on any atom is -0.467 e. The summed E-state index contributed by atoms with van der Waals surface area (Å²) in [6.07, 6.45) is 6.41. The number of nitrogens with one attached hydrogen (secondary N) is 1. The van der Waals surface area contributed by atoms with Crippen molar-refractivity contribution in [2.75, 3.05) is 11.9 Å². The Morgan fingerprint density at radius 2 is 2.24 bits per heavy atom. The molecule has 3 aromatic rings. The predicted molar refractivity (Wildman–Crippen MR) is 104 cm³/mol. The number of nitrogens with zero attached hydrogens (tertiary/aromatic N) is 3. The average molecular weight is 392 g/mol. The van der Waals surface area contributed by atoms with Crippen LogP contribution in [0.4, 0.5) is 5.69 Å². The minimum atomic E-state index is -0.396. The van der Waals surface area contributed by atoms with Gasteiger partial charge in [0.25, 0.3) is 0 Å². The van der Waals surface area contributed by atoms with Crippen molar-refractivity contribution < 1.29 is 18.7 Å². The van der Waals surface area contributed by atoms with E-state index < -0.39 is 5.92 Å². The van der Waals surface area contributed by atoms with Crippen LogP contribution in [0.25, 0.3) is 0 Å². The molecule has 1 aliphatic heterocycles. The van der Waals surface area contributed by atoms with Crippen LogP contribution in [0.5, 0.6) is 11.6 Å². The molecule has 1 fully saturated rings. The number of aromatic nitrogens is 2. The van der Waals surface area contributed by atoms with Gasteiger partial charge < -0.3 is 19.4 Å². The van der Waals surface area contributed by atoms with Crippen LogP contribution < -0.4 is 10.1 Å². The maximum atomic E-state index is 12.7. The topological polar surface area (TPSA) is 97.6 Å². The number of anilines is 1. The highest BCUT2D eigenvalue weighted by Gasteiger charge is 2.34. The standard InChI is InChI=1S/C21H20N4O4/c1-14-9-16(29-19-11-22-6-7-23-19)4-5-18(14)24-21(27)15-10-20(26)25(12-15)13-17-3-2-8-28-17/h2-9,11,15H,10,12-13H2,1H3,(H,24,27)/t15-/m0/s1. The maximum absolute atomic E-state index is 12.7. The van der Waals surface area contributed by atoms with Gasteiger partial charge in [-0.15, -0.1) is 0 Å². The first-order chi connectivity index (χ1) is 14.1. The van der Waals surface area contributed by atoms with Gasteiger partial charge in [0, 0.05) is 31.0 Å². The van der Waals surface area contributed by atoms with Gasteiger partial charge in [-0.1, -0.05) is 0 Å². The lowest BCUT2D eigenvalue weighted by Crippen LogP contribution is -2.28. The van der Waals surface area contributed by atoms with E-state index in [1.807, 2.05) is 19.1 Å². The summed E-state index contributed by atoms with van der Waals surface area (Å²) in [5.74, 6) is 1.07. The van der Waals surface area contributed by atoms with E-state index in [1.165, 1.54) is 6.20 Å². The fourth-order valence-electron chi connectivity index (χ4n) is 3.22. The molecule has 29 heavy (non-hydrogen) atoms. The molecule has 1 aliphatic rings. The molecule has 8 heteroatoms. The van der Waals surface area contributed by atoms with Crippen molar-refractivity contribution in [2.24, 2.45) is 5.92 Å². The highest BCUT2D eigenvalue weighted by atomic mass is 16.5. The number of furan rings is 1. The molecule has 0 aliphatic carbocycles. The normalized spacial score (nSPS) is 16.1. The van der Waals surface area contributed by atoms with Crippen LogP contribution in [0.15, 0.2) is 59.6 Å². The maximum Gasteiger partial charge on any atom is 0.237 e. The molecule has 8 nitrogen and oxygen atoms in total. The smallest absolute Gasteiger partial charge is 0.237 e. The van der Waals surface area contributed by atoms with E-state index in [1.54, 1.807) is 41.8 Å². The molecule has 0 unspecified atom stereocenters.